The van der Waals surface area contributed by atoms with Crippen molar-refractivity contribution in [3.63, 3.8) is 0 Å². The van der Waals surface area contributed by atoms with Gasteiger partial charge in [0.2, 0.25) is 0 Å². The minimum absolute atomic E-state index is 0.694. The molecule has 3 heterocycles. The van der Waals surface area contributed by atoms with Crippen molar-refractivity contribution < 1.29 is 0 Å². The number of fused-ring (bicyclic) bond motifs is 2. The lowest BCUT2D eigenvalue weighted by atomic mass is 10.1. The summed E-state index contributed by atoms with van der Waals surface area (Å²) in [6.45, 7) is 4.89. The molecule has 0 aliphatic heterocycles. The molecule has 0 bridgehead atoms. The fourth-order valence-electron chi connectivity index (χ4n) is 3.36. The molecule has 0 unspecified atom stereocenters. The number of thiophene rings is 1. The monoisotopic (exact) mass is 417 g/mol. The van der Waals surface area contributed by atoms with Gasteiger partial charge in [0.1, 0.15) is 0 Å². The molecule has 0 aliphatic rings. The standard InChI is InChI=1S/C22H19N5S2/c1-13-3-5-17(14(2)9-13)25-21-16-7-8-28-20(16)22(27-26-21)23-11-15-4-6-18-19(10-15)29-12-24-18/h3-10,12H,11H2,1-2H3,(H,23,27)(H,25,26). The summed E-state index contributed by atoms with van der Waals surface area (Å²) < 4.78 is 2.30. The van der Waals surface area contributed by atoms with Crippen LogP contribution in [0.2, 0.25) is 0 Å². The summed E-state index contributed by atoms with van der Waals surface area (Å²) in [5, 5.41) is 19.0. The van der Waals surface area contributed by atoms with Gasteiger partial charge in [-0.05, 0) is 54.6 Å². The molecule has 0 fully saturated rings. The number of nitrogens with one attached hydrogen (secondary N) is 2. The molecule has 29 heavy (non-hydrogen) atoms. The summed E-state index contributed by atoms with van der Waals surface area (Å²) in [6.07, 6.45) is 0. The van der Waals surface area contributed by atoms with E-state index in [9.17, 15) is 0 Å². The van der Waals surface area contributed by atoms with E-state index in [0.717, 1.165) is 32.9 Å². The van der Waals surface area contributed by atoms with Gasteiger partial charge in [-0.3, -0.25) is 0 Å². The van der Waals surface area contributed by atoms with E-state index in [2.05, 4.69) is 87.5 Å². The molecule has 0 saturated carbocycles. The molecular weight excluding hydrogens is 398 g/mol. The number of anilines is 3. The highest BCUT2D eigenvalue weighted by atomic mass is 32.1. The molecule has 2 aromatic carbocycles. The van der Waals surface area contributed by atoms with Gasteiger partial charge in [-0.2, -0.15) is 0 Å². The SMILES string of the molecule is Cc1ccc(Nc2nnc(NCc3ccc4ncsc4c3)c3sccc23)c(C)c1. The van der Waals surface area contributed by atoms with Crippen molar-refractivity contribution in [2.24, 2.45) is 0 Å². The second kappa shape index (κ2) is 7.42. The Hall–Kier alpha value is -3.03. The summed E-state index contributed by atoms with van der Waals surface area (Å²) in [4.78, 5) is 4.34. The Bertz CT molecular complexity index is 1320. The van der Waals surface area contributed by atoms with Crippen LogP contribution in [0.3, 0.4) is 0 Å². The van der Waals surface area contributed by atoms with Gasteiger partial charge in [-0.25, -0.2) is 4.98 Å². The predicted octanol–water partition coefficient (Wildman–Crippen LogP) is 6.27. The molecule has 7 heteroatoms. The zero-order chi connectivity index (χ0) is 19.8. The maximum atomic E-state index is 4.47. The molecule has 0 atom stereocenters. The summed E-state index contributed by atoms with van der Waals surface area (Å²) in [6, 6.07) is 14.8. The third-order valence-corrected chi connectivity index (χ3v) is 6.59. The van der Waals surface area contributed by atoms with E-state index >= 15 is 0 Å². The Kier molecular flexibility index (Phi) is 4.61. The van der Waals surface area contributed by atoms with Crippen molar-refractivity contribution in [3.8, 4) is 0 Å². The highest BCUT2D eigenvalue weighted by Gasteiger charge is 2.12. The van der Waals surface area contributed by atoms with E-state index in [1.165, 1.54) is 21.4 Å². The average Bonchev–Trinajstić information content (AvgIpc) is 3.38. The predicted molar refractivity (Wildman–Crippen MR) is 124 cm³/mol. The zero-order valence-electron chi connectivity index (χ0n) is 16.1. The molecule has 0 radical (unpaired) electrons. The summed E-state index contributed by atoms with van der Waals surface area (Å²) in [5.41, 5.74) is 7.61. The van der Waals surface area contributed by atoms with Gasteiger partial charge in [0.15, 0.2) is 11.6 Å². The van der Waals surface area contributed by atoms with E-state index in [-0.39, 0.29) is 0 Å². The minimum Gasteiger partial charge on any atom is -0.363 e. The number of nitrogens with zero attached hydrogens (tertiary/aromatic N) is 3. The Labute approximate surface area is 176 Å². The fourth-order valence-corrected chi connectivity index (χ4v) is 4.96. The second-order valence-corrected chi connectivity index (χ2v) is 8.81. The largest absolute Gasteiger partial charge is 0.363 e. The molecule has 0 amide bonds. The number of rotatable bonds is 5. The van der Waals surface area contributed by atoms with Crippen molar-refractivity contribution in [3.05, 3.63) is 70.0 Å². The lowest BCUT2D eigenvalue weighted by Gasteiger charge is -2.12. The molecule has 0 saturated heterocycles. The van der Waals surface area contributed by atoms with Crippen LogP contribution < -0.4 is 10.6 Å². The van der Waals surface area contributed by atoms with E-state index in [1.807, 2.05) is 5.51 Å². The first-order chi connectivity index (χ1) is 14.2. The van der Waals surface area contributed by atoms with Crippen LogP contribution >= 0.6 is 22.7 Å². The van der Waals surface area contributed by atoms with Crippen LogP contribution in [-0.2, 0) is 6.54 Å². The molecule has 5 rings (SSSR count). The first-order valence-corrected chi connectivity index (χ1v) is 11.1. The Balaban J connectivity index is 1.41. The summed E-state index contributed by atoms with van der Waals surface area (Å²) in [5.74, 6) is 1.59. The number of aromatic nitrogens is 3. The number of hydrogen-bond donors (Lipinski definition) is 2. The summed E-state index contributed by atoms with van der Waals surface area (Å²) in [7, 11) is 0. The highest BCUT2D eigenvalue weighted by molar-refractivity contribution is 7.18. The van der Waals surface area contributed by atoms with E-state index < -0.39 is 0 Å². The number of aryl methyl sites for hydroxylation is 2. The normalized spacial score (nSPS) is 11.2. The van der Waals surface area contributed by atoms with Gasteiger partial charge in [-0.1, -0.05) is 23.8 Å². The van der Waals surface area contributed by atoms with Crippen LogP contribution in [0.4, 0.5) is 17.3 Å². The second-order valence-electron chi connectivity index (χ2n) is 7.01. The quantitative estimate of drug-likeness (QED) is 0.353. The van der Waals surface area contributed by atoms with Gasteiger partial charge < -0.3 is 10.6 Å². The van der Waals surface area contributed by atoms with Crippen molar-refractivity contribution in [2.75, 3.05) is 10.6 Å². The lowest BCUT2D eigenvalue weighted by Crippen LogP contribution is -2.04. The van der Waals surface area contributed by atoms with Crippen molar-refractivity contribution in [1.29, 1.82) is 0 Å². The van der Waals surface area contributed by atoms with Crippen LogP contribution in [0.15, 0.2) is 53.4 Å². The maximum Gasteiger partial charge on any atom is 0.167 e. The van der Waals surface area contributed by atoms with Gasteiger partial charge in [0, 0.05) is 17.6 Å². The van der Waals surface area contributed by atoms with Gasteiger partial charge in [-0.15, -0.1) is 32.9 Å². The number of hydrogen-bond acceptors (Lipinski definition) is 7. The first kappa shape index (κ1) is 18.0. The van der Waals surface area contributed by atoms with Crippen molar-refractivity contribution in [1.82, 2.24) is 15.2 Å². The third kappa shape index (κ3) is 3.54. The third-order valence-electron chi connectivity index (χ3n) is 4.88. The van der Waals surface area contributed by atoms with Crippen LogP contribution in [0.1, 0.15) is 16.7 Å². The first-order valence-electron chi connectivity index (χ1n) is 9.31. The maximum absolute atomic E-state index is 4.47. The highest BCUT2D eigenvalue weighted by Crippen LogP contribution is 2.33. The van der Waals surface area contributed by atoms with Crippen LogP contribution in [-0.4, -0.2) is 15.2 Å². The van der Waals surface area contributed by atoms with Gasteiger partial charge in [0.25, 0.3) is 0 Å². The lowest BCUT2D eigenvalue weighted by molar-refractivity contribution is 1.02. The van der Waals surface area contributed by atoms with E-state index in [0.29, 0.717) is 6.54 Å². The van der Waals surface area contributed by atoms with Crippen molar-refractivity contribution in [2.45, 2.75) is 20.4 Å². The fraction of sp³-hybridized carbons (Fsp3) is 0.136. The molecular formula is C22H19N5S2. The van der Waals surface area contributed by atoms with E-state index in [4.69, 9.17) is 0 Å². The molecule has 2 N–H and O–H groups in total. The topological polar surface area (TPSA) is 62.7 Å². The van der Waals surface area contributed by atoms with Gasteiger partial charge in [0.05, 0.1) is 20.4 Å². The number of benzene rings is 2. The molecule has 144 valence electrons. The van der Waals surface area contributed by atoms with Crippen LogP contribution in [0, 0.1) is 13.8 Å². The Morgan fingerprint density at radius 2 is 1.83 bits per heavy atom. The van der Waals surface area contributed by atoms with Crippen molar-refractivity contribution >= 4 is 60.3 Å². The molecule has 0 spiro atoms. The van der Waals surface area contributed by atoms with Gasteiger partial charge >= 0.3 is 0 Å². The molecule has 0 aliphatic carbocycles. The molecule has 3 aromatic heterocycles. The molecule has 5 nitrogen and oxygen atoms in total. The average molecular weight is 418 g/mol. The van der Waals surface area contributed by atoms with E-state index in [1.54, 1.807) is 22.7 Å². The Morgan fingerprint density at radius 1 is 0.931 bits per heavy atom. The summed E-state index contributed by atoms with van der Waals surface area (Å²) >= 11 is 3.33. The smallest absolute Gasteiger partial charge is 0.167 e. The van der Waals surface area contributed by atoms with Crippen LogP contribution in [0.25, 0.3) is 20.3 Å². The number of thiazole rings is 1. The zero-order valence-corrected chi connectivity index (χ0v) is 17.7. The van der Waals surface area contributed by atoms with Crippen LogP contribution in [0.5, 0.6) is 0 Å². The molecule has 5 aromatic rings. The Morgan fingerprint density at radius 3 is 2.72 bits per heavy atom. The minimum atomic E-state index is 0.694.